The van der Waals surface area contributed by atoms with Crippen LogP contribution in [0.25, 0.3) is 0 Å². The molecule has 1 rings (SSSR count). The number of likely N-dealkylation sites (tertiary alicyclic amines) is 1. The molecule has 1 saturated heterocycles. The Labute approximate surface area is 92.0 Å². The second-order valence-corrected chi connectivity index (χ2v) is 4.01. The number of urea groups is 1. The van der Waals surface area contributed by atoms with E-state index >= 15 is 0 Å². The van der Waals surface area contributed by atoms with Gasteiger partial charge in [-0.15, -0.1) is 0 Å². The number of carbonyl (C=O) groups is 1. The maximum Gasteiger partial charge on any atom is 0.405 e. The summed E-state index contributed by atoms with van der Waals surface area (Å²) in [7, 11) is 0. The maximum atomic E-state index is 11.9. The average Bonchev–Trinajstić information content (AvgIpc) is 2.55. The predicted molar refractivity (Wildman–Crippen MR) is 52.8 cm³/mol. The van der Waals surface area contributed by atoms with E-state index in [4.69, 9.17) is 5.73 Å². The molecule has 0 aliphatic carbocycles. The van der Waals surface area contributed by atoms with Crippen LogP contribution in [0.5, 0.6) is 0 Å². The number of hydrogen-bond acceptors (Lipinski definition) is 2. The summed E-state index contributed by atoms with van der Waals surface area (Å²) in [6.45, 7) is 1.40. The molecule has 1 fully saturated rings. The zero-order chi connectivity index (χ0) is 12.3. The summed E-state index contributed by atoms with van der Waals surface area (Å²) >= 11 is 0. The monoisotopic (exact) mass is 239 g/mol. The van der Waals surface area contributed by atoms with Crippen molar-refractivity contribution in [3.8, 4) is 0 Å². The minimum absolute atomic E-state index is 0.137. The van der Waals surface area contributed by atoms with Gasteiger partial charge in [0.1, 0.15) is 6.54 Å². The Kier molecular flexibility index (Phi) is 4.01. The summed E-state index contributed by atoms with van der Waals surface area (Å²) in [5.74, 6) is 0.177. The van der Waals surface area contributed by atoms with Crippen LogP contribution < -0.4 is 11.1 Å². The molecule has 1 aliphatic rings. The number of nitrogens with one attached hydrogen (secondary N) is 1. The molecule has 4 nitrogen and oxygen atoms in total. The largest absolute Gasteiger partial charge is 0.405 e. The van der Waals surface area contributed by atoms with Crippen LogP contribution in [-0.2, 0) is 0 Å². The summed E-state index contributed by atoms with van der Waals surface area (Å²) in [6, 6.07) is -0.828. The Bertz CT molecular complexity index is 257. The summed E-state index contributed by atoms with van der Waals surface area (Å²) in [4.78, 5) is 12.7. The molecule has 94 valence electrons. The van der Waals surface area contributed by atoms with E-state index in [0.717, 1.165) is 6.42 Å². The summed E-state index contributed by atoms with van der Waals surface area (Å²) < 4.78 is 35.6. The van der Waals surface area contributed by atoms with Crippen molar-refractivity contribution in [1.82, 2.24) is 10.2 Å². The van der Waals surface area contributed by atoms with E-state index in [-0.39, 0.29) is 12.0 Å². The minimum atomic E-state index is -4.37. The molecule has 1 heterocycles. The van der Waals surface area contributed by atoms with Crippen molar-refractivity contribution in [2.45, 2.75) is 25.6 Å². The van der Waals surface area contributed by atoms with Crippen LogP contribution >= 0.6 is 0 Å². The zero-order valence-electron chi connectivity index (χ0n) is 9.05. The first kappa shape index (κ1) is 13.1. The summed E-state index contributed by atoms with van der Waals surface area (Å²) in [6.07, 6.45) is -3.55. The number of hydrogen-bond donors (Lipinski definition) is 2. The third-order valence-electron chi connectivity index (χ3n) is 2.74. The van der Waals surface area contributed by atoms with Gasteiger partial charge in [0.2, 0.25) is 0 Å². The van der Waals surface area contributed by atoms with E-state index in [0.29, 0.717) is 13.1 Å². The van der Waals surface area contributed by atoms with E-state index < -0.39 is 18.8 Å². The van der Waals surface area contributed by atoms with Gasteiger partial charge in [-0.3, -0.25) is 0 Å². The second-order valence-electron chi connectivity index (χ2n) is 4.01. The molecule has 2 amide bonds. The van der Waals surface area contributed by atoms with Gasteiger partial charge in [0.25, 0.3) is 0 Å². The predicted octanol–water partition coefficient (Wildman–Crippen LogP) is 0.927. The van der Waals surface area contributed by atoms with Gasteiger partial charge >= 0.3 is 12.2 Å². The van der Waals surface area contributed by atoms with Crippen molar-refractivity contribution in [3.63, 3.8) is 0 Å². The van der Waals surface area contributed by atoms with Gasteiger partial charge in [0, 0.05) is 19.1 Å². The fourth-order valence-corrected chi connectivity index (χ4v) is 1.78. The van der Waals surface area contributed by atoms with Crippen LogP contribution in [-0.4, -0.2) is 42.8 Å². The first-order chi connectivity index (χ1) is 7.33. The number of alkyl halides is 3. The normalized spacial score (nSPS) is 25.9. The molecule has 1 unspecified atom stereocenters. The van der Waals surface area contributed by atoms with Crippen LogP contribution in [0.2, 0.25) is 0 Å². The molecular weight excluding hydrogens is 223 g/mol. The van der Waals surface area contributed by atoms with Gasteiger partial charge < -0.3 is 16.0 Å². The lowest BCUT2D eigenvalue weighted by atomic mass is 10.0. The van der Waals surface area contributed by atoms with Gasteiger partial charge in [-0.1, -0.05) is 13.3 Å². The average molecular weight is 239 g/mol. The van der Waals surface area contributed by atoms with Crippen LogP contribution in [0.15, 0.2) is 0 Å². The lowest BCUT2D eigenvalue weighted by molar-refractivity contribution is -0.123. The van der Waals surface area contributed by atoms with Crippen molar-refractivity contribution in [2.24, 2.45) is 11.7 Å². The molecule has 0 aromatic rings. The zero-order valence-corrected chi connectivity index (χ0v) is 9.05. The Morgan fingerprint density at radius 2 is 2.12 bits per heavy atom. The highest BCUT2D eigenvalue weighted by atomic mass is 19.4. The number of rotatable bonds is 2. The van der Waals surface area contributed by atoms with Crippen molar-refractivity contribution in [2.75, 3.05) is 19.6 Å². The number of nitrogens with two attached hydrogens (primary N) is 1. The van der Waals surface area contributed by atoms with Gasteiger partial charge in [-0.2, -0.15) is 13.2 Å². The van der Waals surface area contributed by atoms with E-state index in [2.05, 4.69) is 0 Å². The molecule has 0 radical (unpaired) electrons. The molecule has 0 spiro atoms. The van der Waals surface area contributed by atoms with E-state index in [1.807, 2.05) is 12.2 Å². The van der Waals surface area contributed by atoms with E-state index in [1.165, 1.54) is 4.90 Å². The topological polar surface area (TPSA) is 58.4 Å². The maximum absolute atomic E-state index is 11.9. The molecule has 0 saturated carbocycles. The van der Waals surface area contributed by atoms with Gasteiger partial charge in [-0.05, 0) is 5.92 Å². The molecule has 1 aliphatic heterocycles. The van der Waals surface area contributed by atoms with Crippen LogP contribution in [0.1, 0.15) is 13.3 Å². The van der Waals surface area contributed by atoms with Crippen LogP contribution in [0.3, 0.4) is 0 Å². The van der Waals surface area contributed by atoms with E-state index in [1.54, 1.807) is 0 Å². The molecule has 3 N–H and O–H groups in total. The minimum Gasteiger partial charge on any atom is -0.329 e. The molecular formula is C9H16F3N3O. The molecule has 0 bridgehead atoms. The van der Waals surface area contributed by atoms with Crippen LogP contribution in [0, 0.1) is 5.92 Å². The van der Waals surface area contributed by atoms with Crippen molar-refractivity contribution >= 4 is 6.03 Å². The first-order valence-corrected chi connectivity index (χ1v) is 5.18. The second kappa shape index (κ2) is 4.90. The highest BCUT2D eigenvalue weighted by Gasteiger charge is 2.34. The smallest absolute Gasteiger partial charge is 0.329 e. The highest BCUT2D eigenvalue weighted by Crippen LogP contribution is 2.18. The Morgan fingerprint density at radius 3 is 2.56 bits per heavy atom. The summed E-state index contributed by atoms with van der Waals surface area (Å²) in [5.41, 5.74) is 5.76. The number of amides is 2. The quantitative estimate of drug-likeness (QED) is 0.753. The molecule has 2 atom stereocenters. The lowest BCUT2D eigenvalue weighted by Gasteiger charge is -2.17. The fourth-order valence-electron chi connectivity index (χ4n) is 1.78. The Hall–Kier alpha value is -0.980. The molecule has 0 aromatic carbocycles. The van der Waals surface area contributed by atoms with Gasteiger partial charge in [0.05, 0.1) is 0 Å². The van der Waals surface area contributed by atoms with Crippen LogP contribution in [0.4, 0.5) is 18.0 Å². The fraction of sp³-hybridized carbons (Fsp3) is 0.889. The number of carbonyl (C=O) groups excluding carboxylic acids is 1. The third-order valence-corrected chi connectivity index (χ3v) is 2.74. The Balaban J connectivity index is 2.39. The standard InChI is InChI=1S/C9H16F3N3O/c1-2-6-3-15(4-7(6)13)8(16)14-5-9(10,11)12/h6-7H,2-5,13H2,1H3,(H,14,16)/t6?,7-/m1/s1. The summed E-state index contributed by atoms with van der Waals surface area (Å²) in [5, 5.41) is 1.84. The van der Waals surface area contributed by atoms with Gasteiger partial charge in [0.15, 0.2) is 0 Å². The molecule has 0 aromatic heterocycles. The SMILES string of the molecule is CCC1CN(C(=O)NCC(F)(F)F)C[C@H]1N. The Morgan fingerprint density at radius 1 is 1.50 bits per heavy atom. The molecule has 7 heteroatoms. The first-order valence-electron chi connectivity index (χ1n) is 5.18. The lowest BCUT2D eigenvalue weighted by Crippen LogP contribution is -2.43. The van der Waals surface area contributed by atoms with Crippen molar-refractivity contribution in [3.05, 3.63) is 0 Å². The van der Waals surface area contributed by atoms with Crippen molar-refractivity contribution in [1.29, 1.82) is 0 Å². The van der Waals surface area contributed by atoms with Crippen molar-refractivity contribution < 1.29 is 18.0 Å². The third kappa shape index (κ3) is 3.55. The van der Waals surface area contributed by atoms with Gasteiger partial charge in [-0.25, -0.2) is 4.79 Å². The number of halogens is 3. The van der Waals surface area contributed by atoms with E-state index in [9.17, 15) is 18.0 Å². The highest BCUT2D eigenvalue weighted by molar-refractivity contribution is 5.74. The molecule has 16 heavy (non-hydrogen) atoms. The number of nitrogens with zero attached hydrogens (tertiary/aromatic N) is 1.